The third kappa shape index (κ3) is 4.05. The summed E-state index contributed by atoms with van der Waals surface area (Å²) >= 11 is 0. The van der Waals surface area contributed by atoms with E-state index in [0.29, 0.717) is 23.8 Å². The van der Waals surface area contributed by atoms with Crippen molar-refractivity contribution in [1.82, 2.24) is 4.31 Å². The second-order valence-corrected chi connectivity index (χ2v) is 7.90. The lowest BCUT2D eigenvalue weighted by Gasteiger charge is -2.22. The SMILES string of the molecule is CC(C)CCN(C1CC1)S(=O)(=O)c1ccc(CC#N)cc1. The summed E-state index contributed by atoms with van der Waals surface area (Å²) in [6.45, 7) is 4.80. The zero-order valence-corrected chi connectivity index (χ0v) is 13.4. The molecule has 0 unspecified atom stereocenters. The first-order chi connectivity index (χ1) is 9.95. The lowest BCUT2D eigenvalue weighted by Crippen LogP contribution is -2.34. The van der Waals surface area contributed by atoms with Gasteiger partial charge in [0.1, 0.15) is 0 Å². The second kappa shape index (κ2) is 6.59. The van der Waals surface area contributed by atoms with Gasteiger partial charge in [0.05, 0.1) is 17.4 Å². The largest absolute Gasteiger partial charge is 0.243 e. The molecule has 2 rings (SSSR count). The van der Waals surface area contributed by atoms with Crippen LogP contribution in [0.2, 0.25) is 0 Å². The van der Waals surface area contributed by atoms with Crippen molar-refractivity contribution in [3.05, 3.63) is 29.8 Å². The van der Waals surface area contributed by atoms with Crippen molar-refractivity contribution in [2.75, 3.05) is 6.54 Å². The van der Waals surface area contributed by atoms with E-state index >= 15 is 0 Å². The fourth-order valence-electron chi connectivity index (χ4n) is 2.25. The average Bonchev–Trinajstić information content (AvgIpc) is 3.24. The molecule has 21 heavy (non-hydrogen) atoms. The molecule has 1 aromatic carbocycles. The van der Waals surface area contributed by atoms with Crippen LogP contribution in [0.4, 0.5) is 0 Å². The van der Waals surface area contributed by atoms with E-state index < -0.39 is 10.0 Å². The first kappa shape index (κ1) is 16.0. The Bertz CT molecular complexity index is 611. The minimum absolute atomic E-state index is 0.174. The summed E-state index contributed by atoms with van der Waals surface area (Å²) in [4.78, 5) is 0.333. The van der Waals surface area contributed by atoms with Crippen LogP contribution in [-0.2, 0) is 16.4 Å². The molecule has 1 aliphatic carbocycles. The lowest BCUT2D eigenvalue weighted by molar-refractivity contribution is 0.373. The molecule has 0 heterocycles. The van der Waals surface area contributed by atoms with E-state index in [0.717, 1.165) is 24.8 Å². The van der Waals surface area contributed by atoms with E-state index in [2.05, 4.69) is 19.9 Å². The molecule has 1 saturated carbocycles. The molecule has 0 spiro atoms. The van der Waals surface area contributed by atoms with Gasteiger partial charge in [-0.1, -0.05) is 26.0 Å². The predicted molar refractivity (Wildman–Crippen MR) is 82.1 cm³/mol. The molecule has 0 N–H and O–H groups in total. The normalized spacial score (nSPS) is 15.4. The van der Waals surface area contributed by atoms with Crippen molar-refractivity contribution in [2.24, 2.45) is 5.92 Å². The molecule has 0 aliphatic heterocycles. The average molecular weight is 306 g/mol. The molecule has 114 valence electrons. The fraction of sp³-hybridized carbons (Fsp3) is 0.562. The Balaban J connectivity index is 2.19. The van der Waals surface area contributed by atoms with E-state index in [1.165, 1.54) is 0 Å². The summed E-state index contributed by atoms with van der Waals surface area (Å²) in [5, 5.41) is 8.66. The molecule has 1 fully saturated rings. The summed E-state index contributed by atoms with van der Waals surface area (Å²) < 4.78 is 27.2. The number of hydrogen-bond acceptors (Lipinski definition) is 3. The van der Waals surface area contributed by atoms with Crippen LogP contribution in [0.3, 0.4) is 0 Å². The smallest absolute Gasteiger partial charge is 0.207 e. The van der Waals surface area contributed by atoms with Crippen molar-refractivity contribution in [1.29, 1.82) is 5.26 Å². The third-order valence-electron chi connectivity index (χ3n) is 3.69. The predicted octanol–water partition coefficient (Wildman–Crippen LogP) is 2.95. The summed E-state index contributed by atoms with van der Waals surface area (Å²) in [6.07, 6.45) is 3.11. The summed E-state index contributed by atoms with van der Waals surface area (Å²) in [5.74, 6) is 0.486. The molecule has 4 nitrogen and oxygen atoms in total. The molecular weight excluding hydrogens is 284 g/mol. The van der Waals surface area contributed by atoms with E-state index in [1.807, 2.05) is 0 Å². The Morgan fingerprint density at radius 2 is 1.90 bits per heavy atom. The maximum atomic E-state index is 12.8. The van der Waals surface area contributed by atoms with E-state index in [9.17, 15) is 8.42 Å². The number of nitrogens with zero attached hydrogens (tertiary/aromatic N) is 2. The fourth-order valence-corrected chi connectivity index (χ4v) is 3.95. The Morgan fingerprint density at radius 1 is 1.29 bits per heavy atom. The van der Waals surface area contributed by atoms with Gasteiger partial charge < -0.3 is 0 Å². The number of rotatable bonds is 7. The topological polar surface area (TPSA) is 61.2 Å². The van der Waals surface area contributed by atoms with Gasteiger partial charge in [-0.3, -0.25) is 0 Å². The van der Waals surface area contributed by atoms with Gasteiger partial charge in [0, 0.05) is 12.6 Å². The van der Waals surface area contributed by atoms with Crippen LogP contribution < -0.4 is 0 Å². The third-order valence-corrected chi connectivity index (χ3v) is 5.66. The van der Waals surface area contributed by atoms with Crippen LogP contribution >= 0.6 is 0 Å². The Labute approximate surface area is 127 Å². The monoisotopic (exact) mass is 306 g/mol. The first-order valence-electron chi connectivity index (χ1n) is 7.43. The maximum absolute atomic E-state index is 12.8. The summed E-state index contributed by atoms with van der Waals surface area (Å²) in [7, 11) is -3.41. The summed E-state index contributed by atoms with van der Waals surface area (Å²) in [5.41, 5.74) is 0.844. The highest BCUT2D eigenvalue weighted by atomic mass is 32.2. The molecule has 0 saturated heterocycles. The Morgan fingerprint density at radius 3 is 2.38 bits per heavy atom. The van der Waals surface area contributed by atoms with E-state index in [-0.39, 0.29) is 6.04 Å². The minimum atomic E-state index is -3.41. The molecule has 1 aromatic rings. The van der Waals surface area contributed by atoms with Crippen LogP contribution in [0.25, 0.3) is 0 Å². The van der Waals surface area contributed by atoms with Gasteiger partial charge in [-0.05, 0) is 42.9 Å². The van der Waals surface area contributed by atoms with Gasteiger partial charge in [-0.25, -0.2) is 8.42 Å². The number of nitriles is 1. The Kier molecular flexibility index (Phi) is 5.02. The number of sulfonamides is 1. The quantitative estimate of drug-likeness (QED) is 0.778. The molecular formula is C16H22N2O2S. The Hall–Kier alpha value is -1.38. The minimum Gasteiger partial charge on any atom is -0.207 e. The van der Waals surface area contributed by atoms with Crippen molar-refractivity contribution >= 4 is 10.0 Å². The van der Waals surface area contributed by atoms with Crippen LogP contribution in [0.5, 0.6) is 0 Å². The van der Waals surface area contributed by atoms with Gasteiger partial charge in [-0.2, -0.15) is 9.57 Å². The molecule has 0 amide bonds. The van der Waals surface area contributed by atoms with E-state index in [1.54, 1.807) is 28.6 Å². The highest BCUT2D eigenvalue weighted by molar-refractivity contribution is 7.89. The molecule has 0 radical (unpaired) electrons. The van der Waals surface area contributed by atoms with Gasteiger partial charge in [0.15, 0.2) is 0 Å². The lowest BCUT2D eigenvalue weighted by atomic mass is 10.1. The van der Waals surface area contributed by atoms with Crippen molar-refractivity contribution in [3.63, 3.8) is 0 Å². The van der Waals surface area contributed by atoms with Gasteiger partial charge in [0.25, 0.3) is 0 Å². The van der Waals surface area contributed by atoms with Crippen molar-refractivity contribution in [2.45, 2.75) is 50.5 Å². The zero-order valence-electron chi connectivity index (χ0n) is 12.6. The van der Waals surface area contributed by atoms with Crippen LogP contribution in [-0.4, -0.2) is 25.3 Å². The van der Waals surface area contributed by atoms with E-state index in [4.69, 9.17) is 5.26 Å². The zero-order chi connectivity index (χ0) is 15.5. The molecule has 0 aromatic heterocycles. The highest BCUT2D eigenvalue weighted by Crippen LogP contribution is 2.32. The van der Waals surface area contributed by atoms with Gasteiger partial charge in [-0.15, -0.1) is 0 Å². The second-order valence-electron chi connectivity index (χ2n) is 6.01. The molecule has 1 aliphatic rings. The van der Waals surface area contributed by atoms with Crippen LogP contribution in [0.15, 0.2) is 29.2 Å². The maximum Gasteiger partial charge on any atom is 0.243 e. The highest BCUT2D eigenvalue weighted by Gasteiger charge is 2.37. The number of hydrogen-bond donors (Lipinski definition) is 0. The number of benzene rings is 1. The molecule has 0 bridgehead atoms. The summed E-state index contributed by atoms with van der Waals surface area (Å²) in [6, 6.07) is 8.93. The molecule has 0 atom stereocenters. The van der Waals surface area contributed by atoms with Crippen LogP contribution in [0.1, 0.15) is 38.7 Å². The van der Waals surface area contributed by atoms with Gasteiger partial charge >= 0.3 is 0 Å². The van der Waals surface area contributed by atoms with Crippen molar-refractivity contribution in [3.8, 4) is 6.07 Å². The van der Waals surface area contributed by atoms with Gasteiger partial charge in [0.2, 0.25) is 10.0 Å². The standard InChI is InChI=1S/C16H22N2O2S/c1-13(2)10-12-18(15-5-6-15)21(19,20)16-7-3-14(4-8-16)9-11-17/h3-4,7-8,13,15H,5-6,9-10,12H2,1-2H3. The van der Waals surface area contributed by atoms with Crippen LogP contribution in [0, 0.1) is 17.2 Å². The first-order valence-corrected chi connectivity index (χ1v) is 8.87. The van der Waals surface area contributed by atoms with Crippen molar-refractivity contribution < 1.29 is 8.42 Å². The molecule has 5 heteroatoms.